The van der Waals surface area contributed by atoms with E-state index >= 15 is 0 Å². The normalized spacial score (nSPS) is 12.0. The number of rotatable bonds is 2. The minimum Gasteiger partial charge on any atom is -0.495 e. The third kappa shape index (κ3) is 2.05. The van der Waals surface area contributed by atoms with Gasteiger partial charge in [0.1, 0.15) is 11.6 Å². The summed E-state index contributed by atoms with van der Waals surface area (Å²) in [5.41, 5.74) is 0.642. The van der Waals surface area contributed by atoms with Crippen LogP contribution >= 0.6 is 11.6 Å². The molecule has 0 fully saturated rings. The average molecular weight is 228 g/mol. The van der Waals surface area contributed by atoms with Crippen molar-refractivity contribution in [3.05, 3.63) is 28.0 Å². The van der Waals surface area contributed by atoms with Crippen molar-refractivity contribution in [2.45, 2.75) is 19.8 Å². The molecule has 1 rings (SSSR count). The van der Waals surface area contributed by atoms with Crippen molar-refractivity contribution in [3.8, 4) is 11.8 Å². The predicted molar refractivity (Wildman–Crippen MR) is 56.7 cm³/mol. The number of nitrogens with zero attached hydrogens (tertiary/aromatic N) is 1. The van der Waals surface area contributed by atoms with Crippen LogP contribution in [0.25, 0.3) is 0 Å². The molecule has 0 heterocycles. The number of aryl methyl sites for hydroxylation is 1. The highest BCUT2D eigenvalue weighted by Crippen LogP contribution is 2.37. The van der Waals surface area contributed by atoms with E-state index < -0.39 is 11.7 Å². The molecule has 0 aliphatic rings. The summed E-state index contributed by atoms with van der Waals surface area (Å²) in [6.45, 7) is 3.21. The van der Waals surface area contributed by atoms with Crippen molar-refractivity contribution in [2.24, 2.45) is 0 Å². The lowest BCUT2D eigenvalue weighted by molar-refractivity contribution is 0.403. The first-order valence-corrected chi connectivity index (χ1v) is 4.82. The molecule has 1 aromatic carbocycles. The fraction of sp³-hybridized carbons (Fsp3) is 0.364. The van der Waals surface area contributed by atoms with E-state index in [1.807, 2.05) is 6.07 Å². The molecule has 0 bridgehead atoms. The van der Waals surface area contributed by atoms with Crippen LogP contribution in [0.15, 0.2) is 6.07 Å². The molecule has 0 aliphatic carbocycles. The van der Waals surface area contributed by atoms with Crippen molar-refractivity contribution in [1.29, 1.82) is 5.26 Å². The zero-order chi connectivity index (χ0) is 11.6. The van der Waals surface area contributed by atoms with Crippen LogP contribution in [0, 0.1) is 24.1 Å². The number of ether oxygens (including phenoxy) is 1. The Kier molecular flexibility index (Phi) is 3.54. The number of methoxy groups -OCH3 is 1. The Hall–Kier alpha value is -1.27. The SMILES string of the molecule is COc1c(Cl)cc(C)c(F)c1C(C)C#N. The fourth-order valence-electron chi connectivity index (χ4n) is 1.42. The standard InChI is InChI=1S/C11H11ClFNO/c1-6-4-8(12)11(15-3)9(10(6)13)7(2)5-14/h4,7H,1-3H3. The molecular weight excluding hydrogens is 217 g/mol. The summed E-state index contributed by atoms with van der Waals surface area (Å²) in [7, 11) is 1.41. The second-order valence-corrected chi connectivity index (χ2v) is 3.69. The lowest BCUT2D eigenvalue weighted by Gasteiger charge is -2.14. The van der Waals surface area contributed by atoms with Gasteiger partial charge in [-0.15, -0.1) is 0 Å². The summed E-state index contributed by atoms with van der Waals surface area (Å²) in [4.78, 5) is 0. The van der Waals surface area contributed by atoms with E-state index in [4.69, 9.17) is 21.6 Å². The highest BCUT2D eigenvalue weighted by Gasteiger charge is 2.21. The summed E-state index contributed by atoms with van der Waals surface area (Å²) in [5.74, 6) is -0.767. The Bertz CT molecular complexity index is 426. The van der Waals surface area contributed by atoms with E-state index in [0.29, 0.717) is 10.6 Å². The first-order chi connectivity index (χ1) is 7.02. The molecule has 2 nitrogen and oxygen atoms in total. The van der Waals surface area contributed by atoms with E-state index in [0.717, 1.165) is 0 Å². The van der Waals surface area contributed by atoms with Crippen LogP contribution in [0.2, 0.25) is 5.02 Å². The van der Waals surface area contributed by atoms with E-state index in [-0.39, 0.29) is 11.3 Å². The van der Waals surface area contributed by atoms with Gasteiger partial charge in [-0.2, -0.15) is 5.26 Å². The van der Waals surface area contributed by atoms with Gasteiger partial charge in [-0.1, -0.05) is 11.6 Å². The minimum absolute atomic E-state index is 0.227. The molecule has 15 heavy (non-hydrogen) atoms. The second kappa shape index (κ2) is 4.50. The Morgan fingerprint density at radius 3 is 2.67 bits per heavy atom. The van der Waals surface area contributed by atoms with Gasteiger partial charge >= 0.3 is 0 Å². The maximum atomic E-state index is 13.8. The third-order valence-electron chi connectivity index (χ3n) is 2.22. The summed E-state index contributed by atoms with van der Waals surface area (Å²) in [6.07, 6.45) is 0. The van der Waals surface area contributed by atoms with Crippen molar-refractivity contribution >= 4 is 11.6 Å². The lowest BCUT2D eigenvalue weighted by Crippen LogP contribution is -2.02. The van der Waals surface area contributed by atoms with Crippen molar-refractivity contribution in [3.63, 3.8) is 0 Å². The number of hydrogen-bond donors (Lipinski definition) is 0. The van der Waals surface area contributed by atoms with Crippen LogP contribution in [0.4, 0.5) is 4.39 Å². The van der Waals surface area contributed by atoms with Crippen LogP contribution < -0.4 is 4.74 Å². The molecule has 0 amide bonds. The topological polar surface area (TPSA) is 33.0 Å². The first-order valence-electron chi connectivity index (χ1n) is 4.45. The van der Waals surface area contributed by atoms with Crippen LogP contribution in [-0.4, -0.2) is 7.11 Å². The fourth-order valence-corrected chi connectivity index (χ4v) is 1.76. The van der Waals surface area contributed by atoms with E-state index in [1.54, 1.807) is 13.8 Å². The van der Waals surface area contributed by atoms with E-state index in [9.17, 15) is 4.39 Å². The summed E-state index contributed by atoms with van der Waals surface area (Å²) >= 11 is 5.91. The van der Waals surface area contributed by atoms with Crippen LogP contribution in [0.5, 0.6) is 5.75 Å². The molecule has 80 valence electrons. The molecule has 4 heteroatoms. The van der Waals surface area contributed by atoms with Crippen LogP contribution in [0.1, 0.15) is 24.0 Å². The smallest absolute Gasteiger partial charge is 0.144 e. The van der Waals surface area contributed by atoms with Gasteiger partial charge in [0.25, 0.3) is 0 Å². The maximum absolute atomic E-state index is 13.8. The second-order valence-electron chi connectivity index (χ2n) is 3.29. The van der Waals surface area contributed by atoms with Gasteiger partial charge < -0.3 is 4.74 Å². The monoisotopic (exact) mass is 227 g/mol. The molecular formula is C11H11ClFNO. The molecule has 0 radical (unpaired) electrons. The summed E-state index contributed by atoms with van der Waals surface area (Å²) in [5, 5.41) is 9.13. The Labute approximate surface area is 93.2 Å². The number of nitriles is 1. The molecule has 1 unspecified atom stereocenters. The van der Waals surface area contributed by atoms with Gasteiger partial charge in [-0.05, 0) is 25.5 Å². The van der Waals surface area contributed by atoms with Crippen molar-refractivity contribution in [1.82, 2.24) is 0 Å². The van der Waals surface area contributed by atoms with Gasteiger partial charge in [-0.3, -0.25) is 0 Å². The molecule has 0 saturated heterocycles. The van der Waals surface area contributed by atoms with Gasteiger partial charge in [0.15, 0.2) is 0 Å². The summed E-state index contributed by atoms with van der Waals surface area (Å²) in [6, 6.07) is 3.46. The highest BCUT2D eigenvalue weighted by molar-refractivity contribution is 6.32. The maximum Gasteiger partial charge on any atom is 0.144 e. The molecule has 1 aromatic rings. The molecule has 0 aliphatic heterocycles. The number of hydrogen-bond acceptors (Lipinski definition) is 2. The molecule has 0 N–H and O–H groups in total. The molecule has 1 atom stereocenters. The summed E-state index contributed by atoms with van der Waals surface area (Å²) < 4.78 is 18.8. The van der Waals surface area contributed by atoms with Crippen LogP contribution in [0.3, 0.4) is 0 Å². The molecule has 0 aromatic heterocycles. The predicted octanol–water partition coefficient (Wildman–Crippen LogP) is 3.42. The van der Waals surface area contributed by atoms with E-state index in [1.165, 1.54) is 13.2 Å². The third-order valence-corrected chi connectivity index (χ3v) is 2.50. The number of benzene rings is 1. The van der Waals surface area contributed by atoms with Gasteiger partial charge in [0.05, 0.1) is 24.1 Å². The van der Waals surface area contributed by atoms with Gasteiger partial charge in [0.2, 0.25) is 0 Å². The van der Waals surface area contributed by atoms with Gasteiger partial charge in [0, 0.05) is 5.56 Å². The lowest BCUT2D eigenvalue weighted by atomic mass is 9.98. The van der Waals surface area contributed by atoms with E-state index in [2.05, 4.69) is 0 Å². The number of halogens is 2. The minimum atomic E-state index is -0.586. The van der Waals surface area contributed by atoms with Crippen molar-refractivity contribution < 1.29 is 9.13 Å². The first kappa shape index (κ1) is 11.8. The van der Waals surface area contributed by atoms with Crippen molar-refractivity contribution in [2.75, 3.05) is 7.11 Å². The molecule has 0 saturated carbocycles. The average Bonchev–Trinajstić information content (AvgIpc) is 2.21. The van der Waals surface area contributed by atoms with Gasteiger partial charge in [-0.25, -0.2) is 4.39 Å². The Balaban J connectivity index is 3.52. The molecule has 0 spiro atoms. The van der Waals surface area contributed by atoms with Crippen LogP contribution in [-0.2, 0) is 0 Å². The largest absolute Gasteiger partial charge is 0.495 e. The zero-order valence-electron chi connectivity index (χ0n) is 8.77. The Morgan fingerprint density at radius 2 is 2.20 bits per heavy atom. The highest BCUT2D eigenvalue weighted by atomic mass is 35.5. The Morgan fingerprint density at radius 1 is 1.60 bits per heavy atom. The quantitative estimate of drug-likeness (QED) is 0.776. The zero-order valence-corrected chi connectivity index (χ0v) is 9.52.